The molecule has 0 spiro atoms. The van der Waals surface area contributed by atoms with Crippen LogP contribution in [0.4, 0.5) is 61.0 Å². The van der Waals surface area contributed by atoms with Crippen LogP contribution in [0.1, 0.15) is 96.8 Å². The molecule has 572 valence electrons. The molecule has 12 rings (SSSR count). The highest BCUT2D eigenvalue weighted by molar-refractivity contribution is 6.35. The van der Waals surface area contributed by atoms with E-state index < -0.39 is 35.3 Å². The zero-order valence-electron chi connectivity index (χ0n) is 61.2. The minimum Gasteiger partial charge on any atom is -0.490 e. The van der Waals surface area contributed by atoms with Crippen molar-refractivity contribution < 1.29 is 46.9 Å². The number of nitrogens with zero attached hydrogens (tertiary/aromatic N) is 9. The van der Waals surface area contributed by atoms with Gasteiger partial charge in [0.25, 0.3) is 23.6 Å². The molecule has 0 saturated carbocycles. The molecule has 8 aromatic carbocycles. The molecule has 0 atom stereocenters. The number of anilines is 8. The number of carbonyl (C=O) groups is 4. The summed E-state index contributed by atoms with van der Waals surface area (Å²) in [5, 5.41) is 14.0. The maximum absolute atomic E-state index is 13.4. The first-order valence-corrected chi connectivity index (χ1v) is 35.6. The van der Waals surface area contributed by atoms with Crippen LogP contribution in [0.2, 0.25) is 20.1 Å². The number of amides is 4. The molecule has 0 fully saturated rings. The Morgan fingerprint density at radius 1 is 0.366 bits per heavy atom. The maximum atomic E-state index is 13.4. The summed E-state index contributed by atoms with van der Waals surface area (Å²) in [5.74, 6) is -1.24. The van der Waals surface area contributed by atoms with Crippen molar-refractivity contribution in [1.29, 1.82) is 0 Å². The maximum Gasteiger partial charge on any atom is 0.252 e. The fraction of sp³-hybridized carbons (Fsp3) is 0.148. The highest BCUT2D eigenvalue weighted by atomic mass is 35.5. The molecule has 4 aromatic heterocycles. The number of ether oxygens (including phenoxy) is 4. The van der Waals surface area contributed by atoms with E-state index in [-0.39, 0.29) is 41.5 Å². The Bertz CT molecular complexity index is 5450. The summed E-state index contributed by atoms with van der Waals surface area (Å²) in [6.07, 6.45) is 6.00. The highest BCUT2D eigenvalue weighted by Gasteiger charge is 2.20. The molecule has 12 N–H and O–H groups in total. The lowest BCUT2D eigenvalue weighted by Gasteiger charge is -2.14. The van der Waals surface area contributed by atoms with Crippen LogP contribution in [0.25, 0.3) is 49.9 Å². The van der Waals surface area contributed by atoms with Gasteiger partial charge in [0.15, 0.2) is 11.6 Å². The molecular formula is C81H73Cl4F2N17O8. The molecule has 0 aliphatic carbocycles. The second kappa shape index (κ2) is 38.8. The summed E-state index contributed by atoms with van der Waals surface area (Å²) >= 11 is 24.0. The van der Waals surface area contributed by atoms with Crippen LogP contribution in [-0.2, 0) is 0 Å². The van der Waals surface area contributed by atoms with Gasteiger partial charge in [0, 0.05) is 95.9 Å². The van der Waals surface area contributed by atoms with Gasteiger partial charge < -0.3 is 63.1 Å². The number of carbonyl (C=O) groups excluding carboxylic acids is 4. The third-order valence-corrected chi connectivity index (χ3v) is 15.9. The van der Waals surface area contributed by atoms with E-state index in [0.717, 1.165) is 23.4 Å². The summed E-state index contributed by atoms with van der Waals surface area (Å²) in [4.78, 5) is 85.2. The Kier molecular flexibility index (Phi) is 28.7. The van der Waals surface area contributed by atoms with E-state index in [4.69, 9.17) is 94.9 Å². The summed E-state index contributed by atoms with van der Waals surface area (Å²) in [7, 11) is 0. The Labute approximate surface area is 663 Å². The molecule has 4 heterocycles. The molecule has 0 unspecified atom stereocenters. The zero-order valence-corrected chi connectivity index (χ0v) is 64.3. The Morgan fingerprint density at radius 3 is 0.991 bits per heavy atom. The van der Waals surface area contributed by atoms with E-state index in [0.29, 0.717) is 134 Å². The van der Waals surface area contributed by atoms with Gasteiger partial charge in [-0.3, -0.25) is 19.2 Å². The normalized spacial score (nSPS) is 10.7. The minimum atomic E-state index is -0.979. The first kappa shape index (κ1) is 82.9. The lowest BCUT2D eigenvalue weighted by atomic mass is 10.1. The van der Waals surface area contributed by atoms with Crippen molar-refractivity contribution in [3.8, 4) is 68.0 Å². The smallest absolute Gasteiger partial charge is 0.252 e. The van der Waals surface area contributed by atoms with E-state index in [9.17, 15) is 28.0 Å². The van der Waals surface area contributed by atoms with E-state index in [1.807, 2.05) is 79.7 Å². The molecule has 0 radical (unpaired) electrons. The topological polar surface area (TPSA) is 365 Å². The van der Waals surface area contributed by atoms with Gasteiger partial charge in [0.2, 0.25) is 29.5 Å². The summed E-state index contributed by atoms with van der Waals surface area (Å²) in [6, 6.07) is 48.1. The van der Waals surface area contributed by atoms with Crippen LogP contribution in [0, 0.1) is 18.2 Å². The molecule has 31 heteroatoms. The summed E-state index contributed by atoms with van der Waals surface area (Å²) in [6.45, 7) is 22.1. The molecule has 12 aromatic rings. The first-order chi connectivity index (χ1) is 53.4. The number of nitrogens with one attached hydrogen (secondary N) is 4. The standard InChI is InChI=1S/C21H18ClN5O2.C20H18Cl2N4O2.C20H19ClN4O2.C20H18F2N4O2/c1-12(2)29-19-7-4-13(10-15(19)20(23)28)17-8-9-25-21(27-17)26-14-5-6-16(22)18(11-14)24-3;1-11(2)28-18-4-3-12(7-16(18)19(23)27)17-5-6-24-20(26-17)25-15-9-13(21)8-14(22)10-15;1-12(2)27-18-7-6-13(10-16(18)19(22)26)17-8-9-23-20(25-17)24-15-5-3-4-14(21)11-15;1-11(2)28-18-6-3-12(9-14(18)19(23)27)17-7-8-24-20(26-17)25-13-4-5-15(21)16(22)10-13/h4-12H,1-2H3,(H2,23,28)(H,25,26,27);3-11H,1-2H3,(H2,23,27)(H,24,25,26);3-12H,1-2H3,(H2,22,26)(H,23,24,25);3-11H,1-2H3,(H2,23,27)(H,24,25,26). The fourth-order valence-corrected chi connectivity index (χ4v) is 11.1. The number of aromatic nitrogens is 8. The SMILES string of the molecule is CC(C)Oc1ccc(-c2ccnc(Nc3cc(Cl)cc(Cl)c3)n2)cc1C(N)=O.CC(C)Oc1ccc(-c2ccnc(Nc3ccc(F)c(F)c3)n2)cc1C(N)=O.CC(C)Oc1ccc(-c2ccnc(Nc3cccc(Cl)c3)n2)cc1C(N)=O.[C-]#[N+]c1cc(Nc2nccc(-c3ccc(OC(C)C)c(C(N)=O)c3)n2)ccc1Cl. The van der Waals surface area contributed by atoms with E-state index in [2.05, 4.69) is 66.0 Å². The molecule has 0 aliphatic heterocycles. The Morgan fingerprint density at radius 2 is 0.679 bits per heavy atom. The van der Waals surface area contributed by atoms with Gasteiger partial charge >= 0.3 is 0 Å². The monoisotopic (exact) mass is 1590 g/mol. The van der Waals surface area contributed by atoms with E-state index in [1.165, 1.54) is 12.3 Å². The van der Waals surface area contributed by atoms with Gasteiger partial charge in [-0.15, -0.1) is 0 Å². The van der Waals surface area contributed by atoms with Crippen molar-refractivity contribution >= 4 is 122 Å². The van der Waals surface area contributed by atoms with Gasteiger partial charge in [0.1, 0.15) is 23.0 Å². The molecule has 0 saturated heterocycles. The van der Waals surface area contributed by atoms with Crippen LogP contribution >= 0.6 is 46.4 Å². The molecule has 112 heavy (non-hydrogen) atoms. The van der Waals surface area contributed by atoms with Gasteiger partial charge in [-0.25, -0.2) is 53.5 Å². The summed E-state index contributed by atoms with van der Waals surface area (Å²) in [5.41, 5.74) is 30.9. The summed E-state index contributed by atoms with van der Waals surface area (Å²) < 4.78 is 49.0. The van der Waals surface area contributed by atoms with Crippen molar-refractivity contribution in [3.05, 3.63) is 266 Å². The Hall–Kier alpha value is -13.1. The van der Waals surface area contributed by atoms with Crippen molar-refractivity contribution in [1.82, 2.24) is 39.9 Å². The fourth-order valence-electron chi connectivity index (χ4n) is 10.2. The second-order valence-electron chi connectivity index (χ2n) is 25.1. The lowest BCUT2D eigenvalue weighted by Crippen LogP contribution is -2.15. The van der Waals surface area contributed by atoms with E-state index >= 15 is 0 Å². The van der Waals surface area contributed by atoms with Crippen molar-refractivity contribution in [2.75, 3.05) is 21.3 Å². The van der Waals surface area contributed by atoms with Crippen LogP contribution in [0.3, 0.4) is 0 Å². The molecule has 0 aliphatic rings. The lowest BCUT2D eigenvalue weighted by molar-refractivity contribution is 0.0985. The minimum absolute atomic E-state index is 0.0681. The molecule has 0 bridgehead atoms. The largest absolute Gasteiger partial charge is 0.490 e. The Balaban J connectivity index is 0.000000171. The number of nitrogens with two attached hydrogens (primary N) is 4. The number of hydrogen-bond acceptors (Lipinski definition) is 20. The zero-order chi connectivity index (χ0) is 80.9. The van der Waals surface area contributed by atoms with E-state index in [1.54, 1.807) is 152 Å². The van der Waals surface area contributed by atoms with Gasteiger partial charge in [-0.1, -0.05) is 58.5 Å². The van der Waals surface area contributed by atoms with Crippen molar-refractivity contribution in [2.45, 2.75) is 79.8 Å². The average molecular weight is 1590 g/mol. The van der Waals surface area contributed by atoms with Gasteiger partial charge in [0.05, 0.1) is 76.0 Å². The number of halogens is 6. The predicted octanol–water partition coefficient (Wildman–Crippen LogP) is 18.5. The van der Waals surface area contributed by atoms with Crippen LogP contribution in [0.5, 0.6) is 23.0 Å². The quantitative estimate of drug-likeness (QED) is 0.0260. The highest BCUT2D eigenvalue weighted by Crippen LogP contribution is 2.35. The van der Waals surface area contributed by atoms with Crippen molar-refractivity contribution in [3.63, 3.8) is 0 Å². The third kappa shape index (κ3) is 23.9. The van der Waals surface area contributed by atoms with Crippen LogP contribution in [-0.4, -0.2) is 87.9 Å². The van der Waals surface area contributed by atoms with Crippen molar-refractivity contribution in [2.24, 2.45) is 22.9 Å². The second-order valence-corrected chi connectivity index (χ2v) is 26.8. The number of rotatable bonds is 24. The average Bonchev–Trinajstić information content (AvgIpc) is 0.825. The third-order valence-electron chi connectivity index (χ3n) is 14.9. The number of hydrogen-bond donors (Lipinski definition) is 8. The van der Waals surface area contributed by atoms with Gasteiger partial charge in [-0.2, -0.15) is 0 Å². The number of primary amides is 4. The van der Waals surface area contributed by atoms with Gasteiger partial charge in [-0.05, 0) is 213 Å². The molecular weight excluding hydrogens is 1520 g/mol. The van der Waals surface area contributed by atoms with Crippen LogP contribution < -0.4 is 63.1 Å². The first-order valence-electron chi connectivity index (χ1n) is 34.1. The predicted molar refractivity (Wildman–Crippen MR) is 432 cm³/mol. The molecule has 25 nitrogen and oxygen atoms in total. The number of benzene rings is 8. The molecule has 4 amide bonds. The van der Waals surface area contributed by atoms with Crippen LogP contribution in [0.15, 0.2) is 201 Å².